The molecule has 0 saturated heterocycles. The minimum absolute atomic E-state index is 1.03. The Morgan fingerprint density at radius 1 is 1.45 bits per heavy atom. The van der Waals surface area contributed by atoms with Crippen LogP contribution in [0.1, 0.15) is 19.8 Å². The zero-order valence-electron chi connectivity index (χ0n) is 6.85. The van der Waals surface area contributed by atoms with Crippen LogP contribution in [0.25, 0.3) is 0 Å². The van der Waals surface area contributed by atoms with Crippen molar-refractivity contribution in [2.75, 3.05) is 6.54 Å². The van der Waals surface area contributed by atoms with Crippen molar-refractivity contribution in [1.29, 1.82) is 0 Å². The summed E-state index contributed by atoms with van der Waals surface area (Å²) in [5.41, 5.74) is 4.24. The number of nitrogens with one attached hydrogen (secondary N) is 1. The van der Waals surface area contributed by atoms with Crippen molar-refractivity contribution in [3.63, 3.8) is 0 Å². The Balaban J connectivity index is 2.33. The first-order chi connectivity index (χ1) is 5.36. The standard InChI is InChI=1S/C10H13N/c1-8-6-9-4-2-3-5-10(9)11-7-8/h2,4,6,11H,3,5,7H2,1H3. The highest BCUT2D eigenvalue weighted by atomic mass is 14.9. The topological polar surface area (TPSA) is 12.0 Å². The molecule has 0 amide bonds. The lowest BCUT2D eigenvalue weighted by atomic mass is 9.98. The van der Waals surface area contributed by atoms with Crippen molar-refractivity contribution < 1.29 is 0 Å². The molecule has 0 aromatic rings. The SMILES string of the molecule is CC1=CC2=C(CCC=C2)NC1. The Bertz CT molecular complexity index is 256. The summed E-state index contributed by atoms with van der Waals surface area (Å²) in [5.74, 6) is 0. The van der Waals surface area contributed by atoms with E-state index in [1.165, 1.54) is 29.7 Å². The van der Waals surface area contributed by atoms with Gasteiger partial charge in [0.05, 0.1) is 0 Å². The molecule has 0 aromatic carbocycles. The third-order valence-electron chi connectivity index (χ3n) is 2.19. The summed E-state index contributed by atoms with van der Waals surface area (Å²) in [6.07, 6.45) is 9.12. The summed E-state index contributed by atoms with van der Waals surface area (Å²) in [6.45, 7) is 3.20. The molecule has 0 aromatic heterocycles. The Morgan fingerprint density at radius 2 is 2.36 bits per heavy atom. The van der Waals surface area contributed by atoms with E-state index in [-0.39, 0.29) is 0 Å². The minimum atomic E-state index is 1.03. The van der Waals surface area contributed by atoms with Gasteiger partial charge in [0.15, 0.2) is 0 Å². The van der Waals surface area contributed by atoms with E-state index in [1.54, 1.807) is 0 Å². The van der Waals surface area contributed by atoms with Gasteiger partial charge in [0, 0.05) is 12.2 Å². The monoisotopic (exact) mass is 147 g/mol. The molecule has 0 saturated carbocycles. The highest BCUT2D eigenvalue weighted by Crippen LogP contribution is 2.21. The fraction of sp³-hybridized carbons (Fsp3) is 0.400. The van der Waals surface area contributed by atoms with Crippen LogP contribution in [0.3, 0.4) is 0 Å². The van der Waals surface area contributed by atoms with Gasteiger partial charge in [0.2, 0.25) is 0 Å². The highest BCUT2D eigenvalue weighted by Gasteiger charge is 2.09. The van der Waals surface area contributed by atoms with Crippen LogP contribution in [0.15, 0.2) is 35.1 Å². The number of hydrogen-bond donors (Lipinski definition) is 1. The molecule has 1 aliphatic carbocycles. The summed E-state index contributed by atoms with van der Waals surface area (Å²) in [7, 11) is 0. The van der Waals surface area contributed by atoms with Crippen LogP contribution < -0.4 is 5.32 Å². The molecule has 1 heterocycles. The van der Waals surface area contributed by atoms with Crippen molar-refractivity contribution in [1.82, 2.24) is 5.32 Å². The molecule has 0 bridgehead atoms. The lowest BCUT2D eigenvalue weighted by Crippen LogP contribution is -2.21. The maximum absolute atomic E-state index is 3.43. The quantitative estimate of drug-likeness (QED) is 0.553. The van der Waals surface area contributed by atoms with Gasteiger partial charge in [-0.1, -0.05) is 23.8 Å². The van der Waals surface area contributed by atoms with E-state index in [9.17, 15) is 0 Å². The van der Waals surface area contributed by atoms with E-state index >= 15 is 0 Å². The molecule has 0 radical (unpaired) electrons. The van der Waals surface area contributed by atoms with Crippen LogP contribution in [-0.4, -0.2) is 6.54 Å². The summed E-state index contributed by atoms with van der Waals surface area (Å²) < 4.78 is 0. The van der Waals surface area contributed by atoms with E-state index in [0.29, 0.717) is 0 Å². The normalized spacial score (nSPS) is 22.5. The average Bonchev–Trinajstić information content (AvgIpc) is 2.04. The van der Waals surface area contributed by atoms with Crippen LogP contribution in [-0.2, 0) is 0 Å². The largest absolute Gasteiger partial charge is 0.384 e. The van der Waals surface area contributed by atoms with Gasteiger partial charge in [-0.3, -0.25) is 0 Å². The van der Waals surface area contributed by atoms with Crippen molar-refractivity contribution in [2.45, 2.75) is 19.8 Å². The van der Waals surface area contributed by atoms with Gasteiger partial charge in [-0.2, -0.15) is 0 Å². The first-order valence-corrected chi connectivity index (χ1v) is 4.17. The Hall–Kier alpha value is -0.980. The summed E-state index contributed by atoms with van der Waals surface area (Å²) in [6, 6.07) is 0. The second kappa shape index (κ2) is 2.57. The van der Waals surface area contributed by atoms with Crippen LogP contribution in [0, 0.1) is 0 Å². The summed E-state index contributed by atoms with van der Waals surface area (Å²) >= 11 is 0. The van der Waals surface area contributed by atoms with Crippen LogP contribution in [0.5, 0.6) is 0 Å². The molecule has 0 fully saturated rings. The summed E-state index contributed by atoms with van der Waals surface area (Å²) in [5, 5.41) is 3.43. The second-order valence-electron chi connectivity index (χ2n) is 3.22. The first-order valence-electron chi connectivity index (χ1n) is 4.17. The Morgan fingerprint density at radius 3 is 3.27 bits per heavy atom. The molecule has 58 valence electrons. The van der Waals surface area contributed by atoms with Gasteiger partial charge < -0.3 is 5.32 Å². The fourth-order valence-corrected chi connectivity index (χ4v) is 1.57. The maximum atomic E-state index is 3.43. The van der Waals surface area contributed by atoms with E-state index < -0.39 is 0 Å². The number of dihydropyridines is 1. The molecular formula is C10H13N. The molecule has 1 nitrogen and oxygen atoms in total. The lowest BCUT2D eigenvalue weighted by Gasteiger charge is -2.21. The predicted octanol–water partition coefficient (Wildman–Crippen LogP) is 2.14. The first kappa shape index (κ1) is 6.71. The average molecular weight is 147 g/mol. The number of rotatable bonds is 0. The smallest absolute Gasteiger partial charge is 0.0358 e. The van der Waals surface area contributed by atoms with Crippen LogP contribution in [0.4, 0.5) is 0 Å². The Kier molecular flexibility index (Phi) is 1.57. The Labute approximate surface area is 67.5 Å². The van der Waals surface area contributed by atoms with E-state index in [0.717, 1.165) is 6.54 Å². The van der Waals surface area contributed by atoms with Crippen LogP contribution >= 0.6 is 0 Å². The third-order valence-corrected chi connectivity index (χ3v) is 2.19. The zero-order chi connectivity index (χ0) is 7.68. The molecule has 11 heavy (non-hydrogen) atoms. The predicted molar refractivity (Wildman–Crippen MR) is 47.2 cm³/mol. The molecule has 2 aliphatic rings. The van der Waals surface area contributed by atoms with Crippen molar-refractivity contribution in [2.24, 2.45) is 0 Å². The minimum Gasteiger partial charge on any atom is -0.384 e. The molecule has 0 spiro atoms. The maximum Gasteiger partial charge on any atom is 0.0358 e. The van der Waals surface area contributed by atoms with E-state index in [4.69, 9.17) is 0 Å². The lowest BCUT2D eigenvalue weighted by molar-refractivity contribution is 0.760. The van der Waals surface area contributed by atoms with E-state index in [1.807, 2.05) is 0 Å². The zero-order valence-corrected chi connectivity index (χ0v) is 6.85. The molecule has 0 atom stereocenters. The van der Waals surface area contributed by atoms with Gasteiger partial charge in [-0.25, -0.2) is 0 Å². The molecule has 1 heteroatoms. The second-order valence-corrected chi connectivity index (χ2v) is 3.22. The number of hydrogen-bond acceptors (Lipinski definition) is 1. The van der Waals surface area contributed by atoms with Gasteiger partial charge in [0.25, 0.3) is 0 Å². The molecule has 2 rings (SSSR count). The van der Waals surface area contributed by atoms with Crippen molar-refractivity contribution >= 4 is 0 Å². The summed E-state index contributed by atoms with van der Waals surface area (Å²) in [4.78, 5) is 0. The fourth-order valence-electron chi connectivity index (χ4n) is 1.57. The van der Waals surface area contributed by atoms with Gasteiger partial charge in [-0.05, 0) is 25.3 Å². The molecule has 0 unspecified atom stereocenters. The number of allylic oxidation sites excluding steroid dienone is 5. The van der Waals surface area contributed by atoms with Gasteiger partial charge in [-0.15, -0.1) is 0 Å². The molecular weight excluding hydrogens is 134 g/mol. The van der Waals surface area contributed by atoms with Gasteiger partial charge in [0.1, 0.15) is 0 Å². The highest BCUT2D eigenvalue weighted by molar-refractivity contribution is 5.42. The molecule has 1 aliphatic heterocycles. The van der Waals surface area contributed by atoms with E-state index in [2.05, 4.69) is 30.5 Å². The van der Waals surface area contributed by atoms with Crippen molar-refractivity contribution in [3.05, 3.63) is 35.1 Å². The van der Waals surface area contributed by atoms with Gasteiger partial charge >= 0.3 is 0 Å². The third kappa shape index (κ3) is 1.23. The van der Waals surface area contributed by atoms with Crippen LogP contribution in [0.2, 0.25) is 0 Å². The molecule has 1 N–H and O–H groups in total. The van der Waals surface area contributed by atoms with Crippen molar-refractivity contribution in [3.8, 4) is 0 Å².